The minimum atomic E-state index is -3.23. The maximum Gasteiger partial charge on any atom is 0.367 e. The minimum absolute atomic E-state index is 0.178. The van der Waals surface area contributed by atoms with Gasteiger partial charge in [0.2, 0.25) is 0 Å². The first-order valence-electron chi connectivity index (χ1n) is 5.81. The number of hydrogen-bond donors (Lipinski definition) is 0. The Balaban J connectivity index is 2.64. The lowest BCUT2D eigenvalue weighted by Crippen LogP contribution is -2.05. The molecular formula is C12H16ClO5P. The second-order valence-electron chi connectivity index (χ2n) is 3.52. The van der Waals surface area contributed by atoms with Crippen molar-refractivity contribution in [2.45, 2.75) is 13.8 Å². The fourth-order valence-corrected chi connectivity index (χ4v) is 2.78. The lowest BCUT2D eigenvalue weighted by molar-refractivity contribution is 0.108. The molecule has 0 saturated heterocycles. The summed E-state index contributed by atoms with van der Waals surface area (Å²) >= 11 is 5.32. The molecule has 0 spiro atoms. The molecule has 0 heterocycles. The Kier molecular flexibility index (Phi) is 6.52. The minimum Gasteiger partial charge on any atom is -0.481 e. The van der Waals surface area contributed by atoms with Crippen LogP contribution < -0.4 is 4.74 Å². The monoisotopic (exact) mass is 306 g/mol. The molecule has 0 bridgehead atoms. The Morgan fingerprint density at radius 2 is 1.68 bits per heavy atom. The number of ether oxygens (including phenoxy) is 1. The zero-order valence-corrected chi connectivity index (χ0v) is 12.4. The number of benzene rings is 1. The molecule has 1 aromatic rings. The number of hydrogen-bond acceptors (Lipinski definition) is 5. The van der Waals surface area contributed by atoms with Crippen LogP contribution in [0, 0.1) is 0 Å². The molecular weight excluding hydrogens is 291 g/mol. The first-order valence-corrected chi connectivity index (χ1v) is 7.92. The maximum atomic E-state index is 12.1. The van der Waals surface area contributed by atoms with Gasteiger partial charge in [-0.15, -0.1) is 0 Å². The molecule has 0 amide bonds. The van der Waals surface area contributed by atoms with Crippen molar-refractivity contribution in [2.75, 3.05) is 19.6 Å². The van der Waals surface area contributed by atoms with Crippen LogP contribution in [-0.2, 0) is 13.6 Å². The summed E-state index contributed by atoms with van der Waals surface area (Å²) in [5.74, 6) is 0.460. The summed E-state index contributed by atoms with van der Waals surface area (Å²) in [6, 6.07) is 6.18. The first kappa shape index (κ1) is 16.2. The maximum absolute atomic E-state index is 12.1. The molecule has 7 heteroatoms. The van der Waals surface area contributed by atoms with E-state index in [0.29, 0.717) is 11.3 Å². The Hall–Kier alpha value is -0.870. The highest BCUT2D eigenvalue weighted by Gasteiger charge is 2.24. The van der Waals surface area contributed by atoms with Crippen molar-refractivity contribution < 1.29 is 23.1 Å². The van der Waals surface area contributed by atoms with Crippen LogP contribution in [0.25, 0.3) is 0 Å². The summed E-state index contributed by atoms with van der Waals surface area (Å²) in [5.41, 5.74) is 0.367. The largest absolute Gasteiger partial charge is 0.481 e. The van der Waals surface area contributed by atoms with E-state index in [0.717, 1.165) is 0 Å². The summed E-state index contributed by atoms with van der Waals surface area (Å²) < 4.78 is 27.6. The van der Waals surface area contributed by atoms with Crippen molar-refractivity contribution in [3.05, 3.63) is 29.8 Å². The van der Waals surface area contributed by atoms with Crippen molar-refractivity contribution in [1.82, 2.24) is 0 Å². The van der Waals surface area contributed by atoms with Gasteiger partial charge in [0.05, 0.1) is 13.2 Å². The van der Waals surface area contributed by atoms with Crippen LogP contribution in [-0.4, -0.2) is 24.8 Å². The lowest BCUT2D eigenvalue weighted by atomic mass is 10.2. The highest BCUT2D eigenvalue weighted by Crippen LogP contribution is 2.47. The number of carbonyl (C=O) groups excluding carboxylic acids is 1. The van der Waals surface area contributed by atoms with Crippen molar-refractivity contribution in [3.8, 4) is 5.75 Å². The molecule has 0 aliphatic rings. The van der Waals surface area contributed by atoms with E-state index in [4.69, 9.17) is 25.4 Å². The topological polar surface area (TPSA) is 61.8 Å². The molecule has 19 heavy (non-hydrogen) atoms. The Morgan fingerprint density at radius 1 is 1.16 bits per heavy atom. The smallest absolute Gasteiger partial charge is 0.367 e. The van der Waals surface area contributed by atoms with E-state index in [9.17, 15) is 9.36 Å². The third-order valence-corrected chi connectivity index (χ3v) is 4.09. The Bertz CT molecular complexity index is 450. The molecule has 106 valence electrons. The second-order valence-corrected chi connectivity index (χ2v) is 5.86. The van der Waals surface area contributed by atoms with Gasteiger partial charge in [-0.2, -0.15) is 0 Å². The second kappa shape index (κ2) is 7.65. The molecule has 1 rings (SSSR count). The number of rotatable bonds is 8. The van der Waals surface area contributed by atoms with Crippen molar-refractivity contribution >= 4 is 24.4 Å². The van der Waals surface area contributed by atoms with Gasteiger partial charge in [-0.25, -0.2) is 0 Å². The molecule has 0 unspecified atom stereocenters. The summed E-state index contributed by atoms with van der Waals surface area (Å²) in [6.45, 7) is 4.01. The van der Waals surface area contributed by atoms with Crippen LogP contribution in [0.2, 0.25) is 0 Å². The Labute approximate surface area is 117 Å². The van der Waals surface area contributed by atoms with Crippen molar-refractivity contribution in [3.63, 3.8) is 0 Å². The molecule has 0 aliphatic carbocycles. The van der Waals surface area contributed by atoms with Gasteiger partial charge in [0.25, 0.3) is 5.24 Å². The average Bonchev–Trinajstić information content (AvgIpc) is 2.37. The third kappa shape index (κ3) is 5.33. The van der Waals surface area contributed by atoms with Crippen LogP contribution >= 0.6 is 19.2 Å². The van der Waals surface area contributed by atoms with Gasteiger partial charge in [0.15, 0.2) is 6.35 Å². The van der Waals surface area contributed by atoms with Gasteiger partial charge < -0.3 is 13.8 Å². The van der Waals surface area contributed by atoms with E-state index in [1.165, 1.54) is 12.1 Å². The average molecular weight is 307 g/mol. The van der Waals surface area contributed by atoms with E-state index < -0.39 is 12.8 Å². The van der Waals surface area contributed by atoms with Crippen LogP contribution in [0.1, 0.15) is 24.2 Å². The molecule has 0 aromatic heterocycles. The Morgan fingerprint density at radius 3 is 2.11 bits per heavy atom. The predicted molar refractivity (Wildman–Crippen MR) is 73.0 cm³/mol. The molecule has 0 saturated carbocycles. The molecule has 0 atom stereocenters. The summed E-state index contributed by atoms with van der Waals surface area (Å²) in [7, 11) is -3.23. The van der Waals surface area contributed by atoms with Crippen molar-refractivity contribution in [1.29, 1.82) is 0 Å². The molecule has 0 radical (unpaired) electrons. The predicted octanol–water partition coefficient (Wildman–Crippen LogP) is 3.67. The van der Waals surface area contributed by atoms with E-state index in [1.54, 1.807) is 26.0 Å². The van der Waals surface area contributed by atoms with Gasteiger partial charge in [-0.05, 0) is 49.7 Å². The quantitative estimate of drug-likeness (QED) is 0.541. The molecule has 0 aliphatic heterocycles. The van der Waals surface area contributed by atoms with Crippen LogP contribution in [0.4, 0.5) is 0 Å². The van der Waals surface area contributed by atoms with E-state index in [2.05, 4.69) is 0 Å². The highest BCUT2D eigenvalue weighted by molar-refractivity contribution is 7.53. The van der Waals surface area contributed by atoms with E-state index in [-0.39, 0.29) is 19.6 Å². The highest BCUT2D eigenvalue weighted by atomic mass is 35.5. The standard InChI is InChI=1S/C12H16ClO5P/c1-3-17-19(15,18-4-2)9-16-11-7-5-10(6-8-11)12(13)14/h5-8H,3-4,9H2,1-2H3. The van der Waals surface area contributed by atoms with Crippen molar-refractivity contribution in [2.24, 2.45) is 0 Å². The summed E-state index contributed by atoms with van der Waals surface area (Å²) in [6.07, 6.45) is -0.178. The van der Waals surface area contributed by atoms with Crippen LogP contribution in [0.15, 0.2) is 24.3 Å². The molecule has 0 fully saturated rings. The molecule has 0 N–H and O–H groups in total. The van der Waals surface area contributed by atoms with E-state index in [1.807, 2.05) is 0 Å². The van der Waals surface area contributed by atoms with Crippen LogP contribution in [0.3, 0.4) is 0 Å². The van der Waals surface area contributed by atoms with Gasteiger partial charge in [0, 0.05) is 5.56 Å². The van der Waals surface area contributed by atoms with E-state index >= 15 is 0 Å². The molecule has 5 nitrogen and oxygen atoms in total. The zero-order chi connectivity index (χ0) is 14.3. The lowest BCUT2D eigenvalue weighted by Gasteiger charge is -2.17. The number of carbonyl (C=O) groups is 1. The number of halogens is 1. The van der Waals surface area contributed by atoms with Gasteiger partial charge in [-0.3, -0.25) is 9.36 Å². The molecule has 1 aromatic carbocycles. The fourth-order valence-electron chi connectivity index (χ4n) is 1.34. The summed E-state index contributed by atoms with van der Waals surface area (Å²) in [4.78, 5) is 10.9. The first-order chi connectivity index (χ1) is 9.00. The van der Waals surface area contributed by atoms with Gasteiger partial charge >= 0.3 is 7.60 Å². The van der Waals surface area contributed by atoms with Gasteiger partial charge in [-0.1, -0.05) is 0 Å². The SMILES string of the molecule is CCOP(=O)(COc1ccc(C(=O)Cl)cc1)OCC. The van der Waals surface area contributed by atoms with Crippen LogP contribution in [0.5, 0.6) is 5.75 Å². The fraction of sp³-hybridized carbons (Fsp3) is 0.417. The normalized spacial score (nSPS) is 11.3. The zero-order valence-electron chi connectivity index (χ0n) is 10.8. The van der Waals surface area contributed by atoms with Gasteiger partial charge in [0.1, 0.15) is 5.75 Å². The summed E-state index contributed by atoms with van der Waals surface area (Å²) in [5, 5.41) is -0.541. The third-order valence-electron chi connectivity index (χ3n) is 2.12.